The Morgan fingerprint density at radius 3 is 2.48 bits per heavy atom. The summed E-state index contributed by atoms with van der Waals surface area (Å²) in [6, 6.07) is 17.5. The Morgan fingerprint density at radius 1 is 1.00 bits per heavy atom. The third-order valence-electron chi connectivity index (χ3n) is 4.55. The van der Waals surface area contributed by atoms with Gasteiger partial charge in [0.1, 0.15) is 0 Å². The van der Waals surface area contributed by atoms with E-state index in [9.17, 15) is 0 Å². The molecule has 1 heterocycles. The van der Waals surface area contributed by atoms with Crippen LogP contribution >= 0.6 is 0 Å². The molecule has 3 aromatic rings. The highest BCUT2D eigenvalue weighted by Gasteiger charge is 2.07. The van der Waals surface area contributed by atoms with Gasteiger partial charge in [-0.05, 0) is 48.6 Å². The van der Waals surface area contributed by atoms with Crippen LogP contribution < -0.4 is 5.32 Å². The summed E-state index contributed by atoms with van der Waals surface area (Å²) in [5, 5.41) is 4.92. The van der Waals surface area contributed by atoms with Crippen LogP contribution in [0.1, 0.15) is 42.1 Å². The third kappa shape index (κ3) is 3.65. The van der Waals surface area contributed by atoms with Crippen molar-refractivity contribution in [3.8, 4) is 0 Å². The molecule has 0 aliphatic rings. The van der Waals surface area contributed by atoms with E-state index in [1.807, 2.05) is 0 Å². The van der Waals surface area contributed by atoms with E-state index in [1.54, 1.807) is 0 Å². The number of aromatic amines is 1. The molecule has 0 fully saturated rings. The molecule has 0 bridgehead atoms. The van der Waals surface area contributed by atoms with Gasteiger partial charge in [-0.3, -0.25) is 0 Å². The lowest BCUT2D eigenvalue weighted by atomic mass is 10.0. The summed E-state index contributed by atoms with van der Waals surface area (Å²) in [4.78, 5) is 3.47. The summed E-state index contributed by atoms with van der Waals surface area (Å²) in [5.41, 5.74) is 6.72. The van der Waals surface area contributed by atoms with E-state index in [0.29, 0.717) is 5.92 Å². The van der Waals surface area contributed by atoms with Crippen molar-refractivity contribution in [2.45, 2.75) is 39.7 Å². The van der Waals surface area contributed by atoms with Crippen molar-refractivity contribution in [3.05, 3.63) is 70.9 Å². The number of nitrogens with one attached hydrogen (secondary N) is 2. The van der Waals surface area contributed by atoms with Crippen LogP contribution in [0.15, 0.2) is 48.5 Å². The van der Waals surface area contributed by atoms with E-state index in [4.69, 9.17) is 0 Å². The van der Waals surface area contributed by atoms with Crippen LogP contribution in [0.2, 0.25) is 0 Å². The third-order valence-corrected chi connectivity index (χ3v) is 4.55. The summed E-state index contributed by atoms with van der Waals surface area (Å²) in [5.74, 6) is 0.599. The van der Waals surface area contributed by atoms with Crippen LogP contribution in [-0.2, 0) is 13.0 Å². The van der Waals surface area contributed by atoms with E-state index >= 15 is 0 Å². The monoisotopic (exact) mass is 306 g/mol. The van der Waals surface area contributed by atoms with Gasteiger partial charge in [0.2, 0.25) is 0 Å². The van der Waals surface area contributed by atoms with Gasteiger partial charge in [-0.15, -0.1) is 0 Å². The quantitative estimate of drug-likeness (QED) is 0.621. The normalized spacial score (nSPS) is 11.5. The van der Waals surface area contributed by atoms with Crippen LogP contribution in [0.3, 0.4) is 0 Å². The molecule has 0 saturated carbocycles. The number of benzene rings is 2. The van der Waals surface area contributed by atoms with Gasteiger partial charge in [0.25, 0.3) is 0 Å². The first kappa shape index (κ1) is 15.8. The van der Waals surface area contributed by atoms with Crippen molar-refractivity contribution in [2.24, 2.45) is 0 Å². The molecule has 0 atom stereocenters. The molecular formula is C21H26N2. The minimum Gasteiger partial charge on any atom is -0.358 e. The number of fused-ring (bicyclic) bond motifs is 1. The molecule has 0 unspecified atom stereocenters. The number of H-pyrrole nitrogens is 1. The molecule has 0 spiro atoms. The Labute approximate surface area is 138 Å². The number of hydrogen-bond acceptors (Lipinski definition) is 1. The molecular weight excluding hydrogens is 280 g/mol. The standard InChI is InChI=1S/C21H26N2/c1-15(2)18-10-8-17(9-11-18)14-22-13-12-19-16(3)23-21-7-5-4-6-20(19)21/h4-11,15,22-23H,12-14H2,1-3H3. The molecule has 0 aliphatic heterocycles. The molecule has 0 radical (unpaired) electrons. The molecule has 3 rings (SSSR count). The molecule has 23 heavy (non-hydrogen) atoms. The lowest BCUT2D eigenvalue weighted by Gasteiger charge is -2.08. The Morgan fingerprint density at radius 2 is 1.74 bits per heavy atom. The molecule has 2 aromatic carbocycles. The number of aromatic nitrogens is 1. The van der Waals surface area contributed by atoms with Crippen LogP contribution in [0, 0.1) is 6.92 Å². The maximum absolute atomic E-state index is 3.57. The van der Waals surface area contributed by atoms with Crippen LogP contribution in [0.5, 0.6) is 0 Å². The lowest BCUT2D eigenvalue weighted by molar-refractivity contribution is 0.686. The minimum atomic E-state index is 0.599. The van der Waals surface area contributed by atoms with Crippen molar-refractivity contribution in [1.82, 2.24) is 10.3 Å². The van der Waals surface area contributed by atoms with E-state index in [-0.39, 0.29) is 0 Å². The highest BCUT2D eigenvalue weighted by atomic mass is 14.8. The zero-order valence-electron chi connectivity index (χ0n) is 14.3. The molecule has 1 aromatic heterocycles. The highest BCUT2D eigenvalue weighted by molar-refractivity contribution is 5.84. The first-order chi connectivity index (χ1) is 11.1. The summed E-state index contributed by atoms with van der Waals surface area (Å²) in [6.45, 7) is 8.56. The fraction of sp³-hybridized carbons (Fsp3) is 0.333. The topological polar surface area (TPSA) is 27.8 Å². The van der Waals surface area contributed by atoms with E-state index in [2.05, 4.69) is 79.6 Å². The van der Waals surface area contributed by atoms with E-state index in [1.165, 1.54) is 33.3 Å². The van der Waals surface area contributed by atoms with E-state index < -0.39 is 0 Å². The second-order valence-corrected chi connectivity index (χ2v) is 6.60. The molecule has 2 heteroatoms. The summed E-state index contributed by atoms with van der Waals surface area (Å²) < 4.78 is 0. The molecule has 0 amide bonds. The molecule has 2 N–H and O–H groups in total. The van der Waals surface area contributed by atoms with Crippen molar-refractivity contribution in [2.75, 3.05) is 6.54 Å². The first-order valence-corrected chi connectivity index (χ1v) is 8.51. The van der Waals surface area contributed by atoms with Gasteiger partial charge in [0, 0.05) is 23.1 Å². The fourth-order valence-electron chi connectivity index (χ4n) is 3.12. The van der Waals surface area contributed by atoms with Crippen molar-refractivity contribution < 1.29 is 0 Å². The van der Waals surface area contributed by atoms with Crippen molar-refractivity contribution in [1.29, 1.82) is 0 Å². The number of para-hydroxylation sites is 1. The average molecular weight is 306 g/mol. The summed E-state index contributed by atoms with van der Waals surface area (Å²) >= 11 is 0. The van der Waals surface area contributed by atoms with Crippen LogP contribution in [0.25, 0.3) is 10.9 Å². The van der Waals surface area contributed by atoms with Gasteiger partial charge < -0.3 is 10.3 Å². The van der Waals surface area contributed by atoms with Crippen LogP contribution in [-0.4, -0.2) is 11.5 Å². The Balaban J connectivity index is 1.56. The Bertz CT molecular complexity index is 766. The molecule has 120 valence electrons. The van der Waals surface area contributed by atoms with E-state index in [0.717, 1.165) is 19.5 Å². The number of hydrogen-bond donors (Lipinski definition) is 2. The Kier molecular flexibility index (Phi) is 4.82. The largest absolute Gasteiger partial charge is 0.358 e. The zero-order chi connectivity index (χ0) is 16.2. The van der Waals surface area contributed by atoms with Gasteiger partial charge in [-0.1, -0.05) is 56.3 Å². The molecule has 0 aliphatic carbocycles. The average Bonchev–Trinajstić information content (AvgIpc) is 2.87. The van der Waals surface area contributed by atoms with Crippen molar-refractivity contribution >= 4 is 10.9 Å². The Hall–Kier alpha value is -2.06. The minimum absolute atomic E-state index is 0.599. The van der Waals surface area contributed by atoms with Crippen LogP contribution in [0.4, 0.5) is 0 Å². The molecule has 2 nitrogen and oxygen atoms in total. The molecule has 0 saturated heterocycles. The predicted molar refractivity (Wildman–Crippen MR) is 99.0 cm³/mol. The second kappa shape index (κ2) is 7.01. The highest BCUT2D eigenvalue weighted by Crippen LogP contribution is 2.22. The van der Waals surface area contributed by atoms with Gasteiger partial charge >= 0.3 is 0 Å². The summed E-state index contributed by atoms with van der Waals surface area (Å²) in [7, 11) is 0. The maximum atomic E-state index is 3.57. The van der Waals surface area contributed by atoms with Gasteiger partial charge in [-0.25, -0.2) is 0 Å². The fourth-order valence-corrected chi connectivity index (χ4v) is 3.12. The zero-order valence-corrected chi connectivity index (χ0v) is 14.3. The SMILES string of the molecule is Cc1[nH]c2ccccc2c1CCNCc1ccc(C(C)C)cc1. The maximum Gasteiger partial charge on any atom is 0.0458 e. The van der Waals surface area contributed by atoms with Gasteiger partial charge in [-0.2, -0.15) is 0 Å². The van der Waals surface area contributed by atoms with Gasteiger partial charge in [0.05, 0.1) is 0 Å². The number of aryl methyl sites for hydroxylation is 1. The first-order valence-electron chi connectivity index (χ1n) is 8.51. The van der Waals surface area contributed by atoms with Gasteiger partial charge in [0.15, 0.2) is 0 Å². The lowest BCUT2D eigenvalue weighted by Crippen LogP contribution is -2.16. The van der Waals surface area contributed by atoms with Crippen molar-refractivity contribution in [3.63, 3.8) is 0 Å². The smallest absolute Gasteiger partial charge is 0.0458 e. The number of rotatable bonds is 6. The summed E-state index contributed by atoms with van der Waals surface area (Å²) in [6.07, 6.45) is 1.06. The second-order valence-electron chi connectivity index (χ2n) is 6.60. The predicted octanol–water partition coefficient (Wildman–Crippen LogP) is 4.93.